The zero-order valence-corrected chi connectivity index (χ0v) is 20.0. The van der Waals surface area contributed by atoms with Gasteiger partial charge in [0.1, 0.15) is 17.3 Å². The van der Waals surface area contributed by atoms with Crippen molar-refractivity contribution in [3.05, 3.63) is 89.6 Å². The van der Waals surface area contributed by atoms with Gasteiger partial charge in [0.25, 0.3) is 0 Å². The number of hydrogen-bond acceptors (Lipinski definition) is 7. The molecule has 2 N–H and O–H groups in total. The van der Waals surface area contributed by atoms with E-state index in [9.17, 15) is 0 Å². The maximum Gasteiger partial charge on any atom is 0.227 e. The Balaban J connectivity index is 1.59. The fourth-order valence-electron chi connectivity index (χ4n) is 3.70. The fourth-order valence-corrected chi connectivity index (χ4v) is 3.90. The average Bonchev–Trinajstić information content (AvgIpc) is 3.33. The molecule has 0 aliphatic rings. The molecule has 0 spiro atoms. The van der Waals surface area contributed by atoms with Crippen molar-refractivity contribution in [3.8, 4) is 17.2 Å². The molecule has 5 rings (SSSR count). The van der Waals surface area contributed by atoms with E-state index in [1.165, 1.54) is 0 Å². The Morgan fingerprint density at radius 1 is 0.914 bits per heavy atom. The number of para-hydroxylation sites is 1. The SMILES string of the molecule is COc1ccc(OC)c(Nc2nc(NCc3ccccc3Cl)nc3c2cnn3-c2ccccc2)c1. The number of ether oxygens (including phenoxy) is 2. The molecule has 0 aliphatic heterocycles. The van der Waals surface area contributed by atoms with Crippen molar-refractivity contribution in [3.63, 3.8) is 0 Å². The average molecular weight is 487 g/mol. The first-order valence-corrected chi connectivity index (χ1v) is 11.3. The van der Waals surface area contributed by atoms with Crippen LogP contribution in [0.4, 0.5) is 17.5 Å². The van der Waals surface area contributed by atoms with Gasteiger partial charge >= 0.3 is 0 Å². The highest BCUT2D eigenvalue weighted by molar-refractivity contribution is 6.31. The van der Waals surface area contributed by atoms with Crippen LogP contribution in [0.15, 0.2) is 79.0 Å². The van der Waals surface area contributed by atoms with Gasteiger partial charge in [0.05, 0.1) is 37.2 Å². The van der Waals surface area contributed by atoms with Gasteiger partial charge in [-0.25, -0.2) is 4.68 Å². The normalized spacial score (nSPS) is 10.8. The Labute approximate surface area is 207 Å². The molecule has 2 heterocycles. The minimum Gasteiger partial charge on any atom is -0.497 e. The summed E-state index contributed by atoms with van der Waals surface area (Å²) in [6.07, 6.45) is 1.75. The molecule has 0 radical (unpaired) electrons. The topological polar surface area (TPSA) is 86.1 Å². The lowest BCUT2D eigenvalue weighted by molar-refractivity contribution is 0.405. The van der Waals surface area contributed by atoms with Crippen LogP contribution in [0, 0.1) is 0 Å². The molecule has 5 aromatic rings. The molecule has 2 aromatic heterocycles. The Kier molecular flexibility index (Phi) is 6.36. The summed E-state index contributed by atoms with van der Waals surface area (Å²) in [6.45, 7) is 0.465. The van der Waals surface area contributed by atoms with Gasteiger partial charge in [-0.2, -0.15) is 15.1 Å². The van der Waals surface area contributed by atoms with Gasteiger partial charge in [-0.1, -0.05) is 48.0 Å². The predicted molar refractivity (Wildman–Crippen MR) is 138 cm³/mol. The molecule has 176 valence electrons. The van der Waals surface area contributed by atoms with E-state index in [0.717, 1.165) is 16.6 Å². The quantitative estimate of drug-likeness (QED) is 0.285. The lowest BCUT2D eigenvalue weighted by Crippen LogP contribution is -2.08. The molecule has 0 saturated carbocycles. The summed E-state index contributed by atoms with van der Waals surface area (Å²) in [7, 11) is 3.24. The molecular weight excluding hydrogens is 464 g/mol. The second kappa shape index (κ2) is 9.90. The predicted octanol–water partition coefficient (Wildman–Crippen LogP) is 5.84. The molecule has 0 aliphatic carbocycles. The van der Waals surface area contributed by atoms with Gasteiger partial charge in [0.15, 0.2) is 5.65 Å². The maximum atomic E-state index is 6.34. The number of rotatable bonds is 8. The second-order valence-corrected chi connectivity index (χ2v) is 8.07. The third kappa shape index (κ3) is 4.69. The van der Waals surface area contributed by atoms with Gasteiger partial charge in [0, 0.05) is 17.6 Å². The summed E-state index contributed by atoms with van der Waals surface area (Å²) in [5.74, 6) is 2.35. The van der Waals surface area contributed by atoms with Crippen molar-refractivity contribution in [1.29, 1.82) is 0 Å². The van der Waals surface area contributed by atoms with Crippen molar-refractivity contribution in [2.24, 2.45) is 0 Å². The maximum absolute atomic E-state index is 6.34. The molecule has 35 heavy (non-hydrogen) atoms. The van der Waals surface area contributed by atoms with Crippen LogP contribution in [0.1, 0.15) is 5.56 Å². The third-order valence-corrected chi connectivity index (χ3v) is 5.85. The number of halogens is 1. The molecule has 0 fully saturated rings. The van der Waals surface area contributed by atoms with E-state index >= 15 is 0 Å². The first-order chi connectivity index (χ1) is 17.2. The van der Waals surface area contributed by atoms with Crippen molar-refractivity contribution in [2.45, 2.75) is 6.54 Å². The number of nitrogens with zero attached hydrogens (tertiary/aromatic N) is 4. The van der Waals surface area contributed by atoms with Gasteiger partial charge in [0.2, 0.25) is 5.95 Å². The zero-order valence-electron chi connectivity index (χ0n) is 19.2. The Hall–Kier alpha value is -4.30. The summed E-state index contributed by atoms with van der Waals surface area (Å²) in [4.78, 5) is 9.53. The Morgan fingerprint density at radius 2 is 1.71 bits per heavy atom. The van der Waals surface area contributed by atoms with E-state index in [4.69, 9.17) is 31.0 Å². The van der Waals surface area contributed by atoms with Crippen LogP contribution in [0.5, 0.6) is 11.5 Å². The minimum absolute atomic E-state index is 0.430. The summed E-state index contributed by atoms with van der Waals surface area (Å²) in [6, 6.07) is 23.0. The van der Waals surface area contributed by atoms with Crippen LogP contribution < -0.4 is 20.1 Å². The van der Waals surface area contributed by atoms with Crippen LogP contribution in [0.25, 0.3) is 16.7 Å². The monoisotopic (exact) mass is 486 g/mol. The standard InChI is InChI=1S/C26H23ClN6O2/c1-34-19-12-13-23(35-2)22(14-19)30-24-20-16-29-33(18-9-4-3-5-10-18)25(20)32-26(31-24)28-15-17-8-6-7-11-21(17)27/h3-14,16H,15H2,1-2H3,(H2,28,30,31,32). The Bertz CT molecular complexity index is 1470. The highest BCUT2D eigenvalue weighted by Crippen LogP contribution is 2.34. The lowest BCUT2D eigenvalue weighted by Gasteiger charge is -2.14. The first-order valence-electron chi connectivity index (χ1n) is 10.9. The highest BCUT2D eigenvalue weighted by atomic mass is 35.5. The van der Waals surface area contributed by atoms with E-state index in [1.807, 2.05) is 72.8 Å². The largest absolute Gasteiger partial charge is 0.497 e. The molecule has 0 bridgehead atoms. The van der Waals surface area contributed by atoms with E-state index in [2.05, 4.69) is 15.7 Å². The molecule has 0 saturated heterocycles. The molecule has 0 unspecified atom stereocenters. The summed E-state index contributed by atoms with van der Waals surface area (Å²) < 4.78 is 12.7. The molecule has 3 aromatic carbocycles. The summed E-state index contributed by atoms with van der Waals surface area (Å²) >= 11 is 6.34. The van der Waals surface area contributed by atoms with Gasteiger partial charge < -0.3 is 20.1 Å². The van der Waals surface area contributed by atoms with Crippen LogP contribution in [-0.2, 0) is 6.54 Å². The Morgan fingerprint density at radius 3 is 2.49 bits per heavy atom. The second-order valence-electron chi connectivity index (χ2n) is 7.66. The van der Waals surface area contributed by atoms with E-state index < -0.39 is 0 Å². The van der Waals surface area contributed by atoms with E-state index in [1.54, 1.807) is 25.1 Å². The van der Waals surface area contributed by atoms with Crippen LogP contribution in [0.2, 0.25) is 5.02 Å². The number of benzene rings is 3. The molecular formula is C26H23ClN6O2. The molecule has 9 heteroatoms. The minimum atomic E-state index is 0.430. The van der Waals surface area contributed by atoms with Crippen molar-refractivity contribution in [1.82, 2.24) is 19.7 Å². The van der Waals surface area contributed by atoms with Gasteiger partial charge in [-0.3, -0.25) is 0 Å². The number of anilines is 3. The van der Waals surface area contributed by atoms with E-state index in [0.29, 0.717) is 46.2 Å². The number of hydrogen-bond donors (Lipinski definition) is 2. The molecule has 8 nitrogen and oxygen atoms in total. The number of aromatic nitrogens is 4. The van der Waals surface area contributed by atoms with Crippen LogP contribution >= 0.6 is 11.6 Å². The van der Waals surface area contributed by atoms with Crippen molar-refractivity contribution in [2.75, 3.05) is 24.9 Å². The van der Waals surface area contributed by atoms with Crippen LogP contribution in [-0.4, -0.2) is 34.0 Å². The van der Waals surface area contributed by atoms with Crippen LogP contribution in [0.3, 0.4) is 0 Å². The van der Waals surface area contributed by atoms with E-state index in [-0.39, 0.29) is 0 Å². The van der Waals surface area contributed by atoms with Gasteiger partial charge in [-0.05, 0) is 35.9 Å². The fraction of sp³-hybridized carbons (Fsp3) is 0.115. The first kappa shape index (κ1) is 22.5. The highest BCUT2D eigenvalue weighted by Gasteiger charge is 2.16. The number of nitrogens with one attached hydrogen (secondary N) is 2. The zero-order chi connectivity index (χ0) is 24.2. The number of methoxy groups -OCH3 is 2. The summed E-state index contributed by atoms with van der Waals surface area (Å²) in [5.41, 5.74) is 3.19. The molecule has 0 atom stereocenters. The third-order valence-electron chi connectivity index (χ3n) is 5.48. The van der Waals surface area contributed by atoms with Crippen molar-refractivity contribution >= 4 is 40.1 Å². The number of fused-ring (bicyclic) bond motifs is 1. The summed E-state index contributed by atoms with van der Waals surface area (Å²) in [5, 5.41) is 12.7. The lowest BCUT2D eigenvalue weighted by atomic mass is 10.2. The van der Waals surface area contributed by atoms with Crippen molar-refractivity contribution < 1.29 is 9.47 Å². The molecule has 0 amide bonds. The van der Waals surface area contributed by atoms with Gasteiger partial charge in [-0.15, -0.1) is 0 Å². The smallest absolute Gasteiger partial charge is 0.227 e.